The Bertz CT molecular complexity index is 772. The number of alkyl carbamates (subject to hydrolysis) is 1. The maximum absolute atomic E-state index is 13.2. The van der Waals surface area contributed by atoms with Crippen LogP contribution < -0.4 is 5.32 Å². The first-order valence-corrected chi connectivity index (χ1v) is 12.5. The number of rotatable bonds is 16. The van der Waals surface area contributed by atoms with Crippen molar-refractivity contribution in [2.24, 2.45) is 29.6 Å². The molecule has 1 rings (SSSR count). The van der Waals surface area contributed by atoms with Crippen LogP contribution in [0.25, 0.3) is 0 Å². The Morgan fingerprint density at radius 2 is 1.41 bits per heavy atom. The number of carbonyl (C=O) groups is 4. The monoisotopic (exact) mass is 473 g/mol. The molecule has 3 atom stereocenters. The summed E-state index contributed by atoms with van der Waals surface area (Å²) in [6, 6.07) is 8.61. The predicted octanol–water partition coefficient (Wildman–Crippen LogP) is 5.77. The summed E-state index contributed by atoms with van der Waals surface area (Å²) in [5, 5.41) is 2.72. The van der Waals surface area contributed by atoms with Gasteiger partial charge in [-0.05, 0) is 42.6 Å². The van der Waals surface area contributed by atoms with Crippen LogP contribution in [0.2, 0.25) is 0 Å². The summed E-state index contributed by atoms with van der Waals surface area (Å²) in [6.45, 7) is 12.2. The number of amides is 1. The molecular formula is C28H43NO5. The van der Waals surface area contributed by atoms with Gasteiger partial charge in [-0.2, -0.15) is 0 Å². The second-order valence-electron chi connectivity index (χ2n) is 10.6. The van der Waals surface area contributed by atoms with Crippen molar-refractivity contribution < 1.29 is 23.9 Å². The van der Waals surface area contributed by atoms with Gasteiger partial charge in [-0.15, -0.1) is 0 Å². The lowest BCUT2D eigenvalue weighted by Crippen LogP contribution is -2.43. The summed E-state index contributed by atoms with van der Waals surface area (Å²) in [6.07, 6.45) is 2.12. The number of aldehydes is 1. The molecule has 0 aliphatic carbocycles. The van der Waals surface area contributed by atoms with Gasteiger partial charge in [0.1, 0.15) is 18.7 Å². The quantitative estimate of drug-likeness (QED) is 0.308. The van der Waals surface area contributed by atoms with E-state index in [2.05, 4.69) is 5.32 Å². The summed E-state index contributed by atoms with van der Waals surface area (Å²) >= 11 is 0. The molecule has 0 aromatic heterocycles. The van der Waals surface area contributed by atoms with Crippen LogP contribution in [0.1, 0.15) is 79.2 Å². The predicted molar refractivity (Wildman–Crippen MR) is 134 cm³/mol. The molecule has 190 valence electrons. The molecule has 6 heteroatoms. The lowest BCUT2D eigenvalue weighted by Gasteiger charge is -2.24. The highest BCUT2D eigenvalue weighted by Gasteiger charge is 2.30. The van der Waals surface area contributed by atoms with Gasteiger partial charge >= 0.3 is 6.09 Å². The molecule has 1 amide bonds. The van der Waals surface area contributed by atoms with E-state index in [1.165, 1.54) is 0 Å². The van der Waals surface area contributed by atoms with Crippen molar-refractivity contribution in [3.05, 3.63) is 35.9 Å². The molecule has 34 heavy (non-hydrogen) atoms. The molecule has 0 saturated heterocycles. The Hall–Kier alpha value is -2.50. The highest BCUT2D eigenvalue weighted by molar-refractivity contribution is 5.92. The van der Waals surface area contributed by atoms with Crippen LogP contribution in [0.15, 0.2) is 30.3 Å². The van der Waals surface area contributed by atoms with Crippen LogP contribution >= 0.6 is 0 Å². The van der Waals surface area contributed by atoms with Crippen molar-refractivity contribution in [3.63, 3.8) is 0 Å². The first kappa shape index (κ1) is 29.5. The molecule has 0 saturated carbocycles. The molecule has 1 N–H and O–H groups in total. The van der Waals surface area contributed by atoms with Crippen molar-refractivity contribution in [1.82, 2.24) is 5.32 Å². The van der Waals surface area contributed by atoms with E-state index in [1.54, 1.807) is 0 Å². The highest BCUT2D eigenvalue weighted by atomic mass is 16.5. The first-order chi connectivity index (χ1) is 16.0. The minimum absolute atomic E-state index is 0.0465. The van der Waals surface area contributed by atoms with E-state index >= 15 is 0 Å². The second-order valence-corrected chi connectivity index (χ2v) is 10.6. The summed E-state index contributed by atoms with van der Waals surface area (Å²) in [5.41, 5.74) is 0.859. The second kappa shape index (κ2) is 15.4. The number of hydrogen-bond acceptors (Lipinski definition) is 5. The van der Waals surface area contributed by atoms with Gasteiger partial charge in [0.05, 0.1) is 6.04 Å². The maximum Gasteiger partial charge on any atom is 0.408 e. The smallest absolute Gasteiger partial charge is 0.408 e. The van der Waals surface area contributed by atoms with Crippen LogP contribution in [0.4, 0.5) is 4.79 Å². The molecule has 0 aliphatic rings. The van der Waals surface area contributed by atoms with E-state index in [9.17, 15) is 19.2 Å². The number of ketones is 2. The van der Waals surface area contributed by atoms with E-state index in [4.69, 9.17) is 4.74 Å². The first-order valence-electron chi connectivity index (χ1n) is 12.5. The molecule has 0 heterocycles. The van der Waals surface area contributed by atoms with Crippen molar-refractivity contribution in [2.45, 2.75) is 86.3 Å². The Kier molecular flexibility index (Phi) is 13.4. The summed E-state index contributed by atoms with van der Waals surface area (Å²) in [4.78, 5) is 50.2. The molecule has 0 bridgehead atoms. The molecule has 0 radical (unpaired) electrons. The van der Waals surface area contributed by atoms with Gasteiger partial charge in [0.15, 0.2) is 5.78 Å². The number of ether oxygens (including phenoxy) is 1. The average molecular weight is 474 g/mol. The number of nitrogens with one attached hydrogen (secondary N) is 1. The lowest BCUT2D eigenvalue weighted by atomic mass is 9.82. The largest absolute Gasteiger partial charge is 0.445 e. The molecule has 1 aromatic carbocycles. The van der Waals surface area contributed by atoms with Crippen molar-refractivity contribution in [2.75, 3.05) is 0 Å². The fourth-order valence-electron chi connectivity index (χ4n) is 4.15. The lowest BCUT2D eigenvalue weighted by molar-refractivity contribution is -0.131. The Morgan fingerprint density at radius 1 is 0.824 bits per heavy atom. The molecule has 0 unspecified atom stereocenters. The zero-order valence-corrected chi connectivity index (χ0v) is 21.7. The molecule has 1 aromatic rings. The van der Waals surface area contributed by atoms with E-state index in [0.29, 0.717) is 25.2 Å². The van der Waals surface area contributed by atoms with E-state index < -0.39 is 18.1 Å². The molecule has 0 spiro atoms. The normalized spacial score (nSPS) is 14.0. The number of Topliss-reactive ketones (excluding diaryl/α,β-unsaturated/α-hetero) is 2. The summed E-state index contributed by atoms with van der Waals surface area (Å²) in [7, 11) is 0. The molecule has 0 fully saturated rings. The highest BCUT2D eigenvalue weighted by Crippen LogP contribution is 2.24. The van der Waals surface area contributed by atoms with Crippen molar-refractivity contribution in [3.8, 4) is 0 Å². The van der Waals surface area contributed by atoms with E-state index in [0.717, 1.165) is 11.8 Å². The van der Waals surface area contributed by atoms with Gasteiger partial charge < -0.3 is 14.8 Å². The maximum atomic E-state index is 13.2. The van der Waals surface area contributed by atoms with Crippen molar-refractivity contribution in [1.29, 1.82) is 0 Å². The zero-order valence-electron chi connectivity index (χ0n) is 21.7. The van der Waals surface area contributed by atoms with Gasteiger partial charge in [-0.1, -0.05) is 71.9 Å². The Labute approximate surface area is 205 Å². The van der Waals surface area contributed by atoms with Gasteiger partial charge in [0.25, 0.3) is 0 Å². The van der Waals surface area contributed by atoms with Crippen LogP contribution in [-0.4, -0.2) is 30.0 Å². The number of hydrogen-bond donors (Lipinski definition) is 1. The minimum atomic E-state index is -0.719. The fourth-order valence-corrected chi connectivity index (χ4v) is 4.15. The molecule has 6 nitrogen and oxygen atoms in total. The average Bonchev–Trinajstić information content (AvgIpc) is 2.76. The SMILES string of the molecule is CC(C)C[C@@H](C=O)CC(=O)[C@@H](CC(=O)[C@H](CC(C)C)NC(=O)OCc1ccccc1)CC(C)C. The third-order valence-electron chi connectivity index (χ3n) is 5.69. The summed E-state index contributed by atoms with van der Waals surface area (Å²) < 4.78 is 5.30. The molecule has 0 aliphatic heterocycles. The number of carbonyl (C=O) groups excluding carboxylic acids is 4. The standard InChI is InChI=1S/C28H43NO5/c1-19(2)12-23(17-30)15-26(31)24(13-20(3)4)16-27(32)25(14-21(5)6)29-28(33)34-18-22-10-8-7-9-11-22/h7-11,17,19-21,23-25H,12-16,18H2,1-6H3,(H,29,33)/t23-,24-,25+/m1/s1. The Balaban J connectivity index is 2.84. The summed E-state index contributed by atoms with van der Waals surface area (Å²) in [5.74, 6) is -0.281. The van der Waals surface area contributed by atoms with Crippen LogP contribution in [-0.2, 0) is 25.7 Å². The minimum Gasteiger partial charge on any atom is -0.445 e. The topological polar surface area (TPSA) is 89.5 Å². The third kappa shape index (κ3) is 12.1. The van der Waals surface area contributed by atoms with E-state index in [-0.39, 0.29) is 48.8 Å². The zero-order chi connectivity index (χ0) is 25.7. The van der Waals surface area contributed by atoms with Gasteiger partial charge in [0, 0.05) is 24.7 Å². The Morgan fingerprint density at radius 3 is 1.94 bits per heavy atom. The van der Waals surface area contributed by atoms with Crippen LogP contribution in [0.5, 0.6) is 0 Å². The van der Waals surface area contributed by atoms with E-state index in [1.807, 2.05) is 71.9 Å². The number of benzene rings is 1. The van der Waals surface area contributed by atoms with Gasteiger partial charge in [-0.25, -0.2) is 4.79 Å². The van der Waals surface area contributed by atoms with Gasteiger partial charge in [-0.3, -0.25) is 9.59 Å². The third-order valence-corrected chi connectivity index (χ3v) is 5.69. The molecular weight excluding hydrogens is 430 g/mol. The van der Waals surface area contributed by atoms with Crippen LogP contribution in [0.3, 0.4) is 0 Å². The van der Waals surface area contributed by atoms with Crippen LogP contribution in [0, 0.1) is 29.6 Å². The van der Waals surface area contributed by atoms with Crippen molar-refractivity contribution >= 4 is 23.9 Å². The fraction of sp³-hybridized carbons (Fsp3) is 0.643. The van der Waals surface area contributed by atoms with Gasteiger partial charge in [0.2, 0.25) is 0 Å².